The minimum atomic E-state index is 0.714. The number of fused-ring (bicyclic) bond motifs is 1. The Morgan fingerprint density at radius 1 is 0.793 bits per heavy atom. The van der Waals surface area contributed by atoms with Gasteiger partial charge in [0.2, 0.25) is 0 Å². The third-order valence-electron chi connectivity index (χ3n) is 5.25. The summed E-state index contributed by atoms with van der Waals surface area (Å²) in [5.74, 6) is 0. The van der Waals surface area contributed by atoms with Crippen LogP contribution < -0.4 is 0 Å². The number of benzene rings is 3. The van der Waals surface area contributed by atoms with Gasteiger partial charge in [-0.3, -0.25) is 4.79 Å². The molecular formula is C27H23NO. The first-order chi connectivity index (χ1) is 14.2. The van der Waals surface area contributed by atoms with Crippen molar-refractivity contribution in [3.05, 3.63) is 119 Å². The summed E-state index contributed by atoms with van der Waals surface area (Å²) in [6, 6.07) is 28.9. The lowest BCUT2D eigenvalue weighted by Gasteiger charge is -2.12. The Bertz CT molecular complexity index is 1170. The van der Waals surface area contributed by atoms with E-state index in [0.29, 0.717) is 5.57 Å². The van der Waals surface area contributed by atoms with Crippen LogP contribution in [0.1, 0.15) is 23.6 Å². The number of aryl methyl sites for hydroxylation is 1. The quantitative estimate of drug-likeness (QED) is 0.228. The summed E-state index contributed by atoms with van der Waals surface area (Å²) in [5.41, 5.74) is 7.20. The molecule has 4 aromatic rings. The molecular weight excluding hydrogens is 354 g/mol. The van der Waals surface area contributed by atoms with E-state index in [1.165, 1.54) is 0 Å². The molecule has 0 fully saturated rings. The summed E-state index contributed by atoms with van der Waals surface area (Å²) >= 11 is 0. The fourth-order valence-corrected chi connectivity index (χ4v) is 3.74. The molecule has 0 bridgehead atoms. The molecule has 0 amide bonds. The van der Waals surface area contributed by atoms with Crippen LogP contribution in [0.5, 0.6) is 0 Å². The monoisotopic (exact) mass is 377 g/mol. The van der Waals surface area contributed by atoms with Crippen molar-refractivity contribution in [3.63, 3.8) is 0 Å². The van der Waals surface area contributed by atoms with Gasteiger partial charge in [-0.05, 0) is 46.9 Å². The second-order valence-corrected chi connectivity index (χ2v) is 7.18. The van der Waals surface area contributed by atoms with Crippen molar-refractivity contribution in [2.45, 2.75) is 6.92 Å². The van der Waals surface area contributed by atoms with Crippen LogP contribution >= 0.6 is 0 Å². The van der Waals surface area contributed by atoms with E-state index < -0.39 is 0 Å². The molecule has 0 atom stereocenters. The summed E-state index contributed by atoms with van der Waals surface area (Å²) in [6.07, 6.45) is 5.20. The maximum Gasteiger partial charge on any atom is 0.146 e. The van der Waals surface area contributed by atoms with Gasteiger partial charge < -0.3 is 4.57 Å². The third kappa shape index (κ3) is 3.70. The molecule has 142 valence electrons. The fraction of sp³-hybridized carbons (Fsp3) is 0.0741. The van der Waals surface area contributed by atoms with E-state index in [0.717, 1.165) is 45.0 Å². The lowest BCUT2D eigenvalue weighted by Crippen LogP contribution is -1.93. The number of carbonyl (C=O) groups is 1. The number of aldehydes is 1. The van der Waals surface area contributed by atoms with Gasteiger partial charge >= 0.3 is 0 Å². The van der Waals surface area contributed by atoms with Gasteiger partial charge in [0.15, 0.2) is 0 Å². The van der Waals surface area contributed by atoms with Gasteiger partial charge in [-0.1, -0.05) is 78.9 Å². The second kappa shape index (κ2) is 8.15. The highest BCUT2D eigenvalue weighted by Gasteiger charge is 2.14. The van der Waals surface area contributed by atoms with Crippen LogP contribution in [0.2, 0.25) is 0 Å². The predicted octanol–water partition coefficient (Wildman–Crippen LogP) is 6.28. The normalized spacial score (nSPS) is 11.8. The average Bonchev–Trinajstić information content (AvgIpc) is 3.12. The maximum absolute atomic E-state index is 11.8. The van der Waals surface area contributed by atoms with Gasteiger partial charge in [0.1, 0.15) is 6.29 Å². The van der Waals surface area contributed by atoms with Gasteiger partial charge in [0.25, 0.3) is 0 Å². The number of hydrogen-bond donors (Lipinski definition) is 0. The Hall–Kier alpha value is -3.65. The molecule has 3 aromatic carbocycles. The maximum atomic E-state index is 11.8. The minimum absolute atomic E-state index is 0.714. The van der Waals surface area contributed by atoms with E-state index in [1.807, 2.05) is 62.5 Å². The van der Waals surface area contributed by atoms with Crippen molar-refractivity contribution in [3.8, 4) is 0 Å². The van der Waals surface area contributed by atoms with Crippen molar-refractivity contribution in [1.29, 1.82) is 0 Å². The molecule has 0 aliphatic carbocycles. The molecule has 29 heavy (non-hydrogen) atoms. The molecule has 2 heteroatoms. The third-order valence-corrected chi connectivity index (χ3v) is 5.25. The highest BCUT2D eigenvalue weighted by Crippen LogP contribution is 2.33. The molecule has 0 saturated carbocycles. The molecule has 0 aliphatic rings. The number of para-hydroxylation sites is 1. The largest absolute Gasteiger partial charge is 0.350 e. The first-order valence-corrected chi connectivity index (χ1v) is 9.72. The highest BCUT2D eigenvalue weighted by molar-refractivity contribution is 6.04. The summed E-state index contributed by atoms with van der Waals surface area (Å²) in [7, 11) is 2.04. The Morgan fingerprint density at radius 2 is 1.34 bits per heavy atom. The Morgan fingerprint density at radius 3 is 1.93 bits per heavy atom. The van der Waals surface area contributed by atoms with Gasteiger partial charge in [-0.2, -0.15) is 0 Å². The van der Waals surface area contributed by atoms with E-state index in [9.17, 15) is 4.79 Å². The van der Waals surface area contributed by atoms with E-state index in [2.05, 4.69) is 53.2 Å². The fourth-order valence-electron chi connectivity index (χ4n) is 3.74. The minimum Gasteiger partial charge on any atom is -0.350 e. The van der Waals surface area contributed by atoms with Crippen LogP contribution in [-0.4, -0.2) is 10.9 Å². The lowest BCUT2D eigenvalue weighted by atomic mass is 9.92. The van der Waals surface area contributed by atoms with Crippen LogP contribution in [0.4, 0.5) is 0 Å². The van der Waals surface area contributed by atoms with Crippen LogP contribution in [0, 0.1) is 0 Å². The van der Waals surface area contributed by atoms with E-state index >= 15 is 0 Å². The predicted molar refractivity (Wildman–Crippen MR) is 122 cm³/mol. The standard InChI is InChI=1S/C27H23NO/c1-20(19-29)24(26-18-28(2)27-16-10-9-15-23(26)27)17-25(21-11-5-3-6-12-21)22-13-7-4-8-14-22/h3-19H,1-2H3/b24-20-. The molecule has 0 N–H and O–H groups in total. The van der Waals surface area contributed by atoms with Crippen LogP contribution in [0.25, 0.3) is 22.0 Å². The lowest BCUT2D eigenvalue weighted by molar-refractivity contribution is -0.104. The summed E-state index contributed by atoms with van der Waals surface area (Å²) in [5, 5.41) is 1.14. The number of aromatic nitrogens is 1. The number of carbonyl (C=O) groups excluding carboxylic acids is 1. The number of allylic oxidation sites excluding steroid dienone is 3. The van der Waals surface area contributed by atoms with Crippen molar-refractivity contribution in [1.82, 2.24) is 4.57 Å². The molecule has 0 unspecified atom stereocenters. The zero-order chi connectivity index (χ0) is 20.2. The summed E-state index contributed by atoms with van der Waals surface area (Å²) < 4.78 is 2.11. The first kappa shape index (κ1) is 18.7. The molecule has 0 radical (unpaired) electrons. The molecule has 2 nitrogen and oxygen atoms in total. The Labute approximate surface area is 171 Å². The topological polar surface area (TPSA) is 22.0 Å². The van der Waals surface area contributed by atoms with E-state index in [1.54, 1.807) is 0 Å². The van der Waals surface area contributed by atoms with Gasteiger partial charge in [0.05, 0.1) is 0 Å². The molecule has 0 aliphatic heterocycles. The molecule has 4 rings (SSSR count). The Kier molecular flexibility index (Phi) is 5.26. The summed E-state index contributed by atoms with van der Waals surface area (Å²) in [6.45, 7) is 1.88. The Balaban J connectivity index is 2.00. The average molecular weight is 377 g/mol. The molecule has 0 spiro atoms. The smallest absolute Gasteiger partial charge is 0.146 e. The van der Waals surface area contributed by atoms with Gasteiger partial charge in [0, 0.05) is 29.7 Å². The molecule has 0 saturated heterocycles. The SMILES string of the molecule is C/C(C=O)=C(\C=C(c1ccccc1)c1ccccc1)c1cn(C)c2ccccc12. The zero-order valence-corrected chi connectivity index (χ0v) is 16.7. The van der Waals surface area contributed by atoms with Crippen LogP contribution in [-0.2, 0) is 11.8 Å². The van der Waals surface area contributed by atoms with E-state index in [-0.39, 0.29) is 0 Å². The summed E-state index contributed by atoms with van der Waals surface area (Å²) in [4.78, 5) is 11.8. The van der Waals surface area contributed by atoms with Gasteiger partial charge in [-0.25, -0.2) is 0 Å². The van der Waals surface area contributed by atoms with Crippen LogP contribution in [0.15, 0.2) is 103 Å². The van der Waals surface area contributed by atoms with Crippen molar-refractivity contribution < 1.29 is 4.79 Å². The second-order valence-electron chi connectivity index (χ2n) is 7.18. The van der Waals surface area contributed by atoms with Crippen molar-refractivity contribution >= 4 is 28.3 Å². The number of hydrogen-bond acceptors (Lipinski definition) is 1. The number of nitrogens with zero attached hydrogens (tertiary/aromatic N) is 1. The highest BCUT2D eigenvalue weighted by atomic mass is 16.1. The molecule has 1 heterocycles. The van der Waals surface area contributed by atoms with E-state index in [4.69, 9.17) is 0 Å². The van der Waals surface area contributed by atoms with Crippen LogP contribution in [0.3, 0.4) is 0 Å². The van der Waals surface area contributed by atoms with Crippen molar-refractivity contribution in [2.75, 3.05) is 0 Å². The number of rotatable bonds is 5. The first-order valence-electron chi connectivity index (χ1n) is 9.72. The zero-order valence-electron chi connectivity index (χ0n) is 16.7. The van der Waals surface area contributed by atoms with Crippen molar-refractivity contribution in [2.24, 2.45) is 7.05 Å². The van der Waals surface area contributed by atoms with Gasteiger partial charge in [-0.15, -0.1) is 0 Å². The molecule has 1 aromatic heterocycles.